The molecule has 16 heavy (non-hydrogen) atoms. The van der Waals surface area contributed by atoms with Gasteiger partial charge in [-0.1, -0.05) is 5.11 Å². The zero-order valence-electron chi connectivity index (χ0n) is 7.92. The van der Waals surface area contributed by atoms with E-state index in [1.165, 1.54) is 6.07 Å². The number of rotatable bonds is 2. The summed E-state index contributed by atoms with van der Waals surface area (Å²) in [7, 11) is 1.13. The number of benzene rings is 1. The molecule has 0 bridgehead atoms. The fraction of sp³-hybridized carbons (Fsp3) is 0.250. The van der Waals surface area contributed by atoms with Crippen LogP contribution in [0.2, 0.25) is 0 Å². The second-order valence-electron chi connectivity index (χ2n) is 2.70. The number of methoxy groups -OCH3 is 1. The first-order valence-electron chi connectivity index (χ1n) is 3.90. The Kier molecular flexibility index (Phi) is 3.66. The Morgan fingerprint density at radius 3 is 2.50 bits per heavy atom. The van der Waals surface area contributed by atoms with Crippen LogP contribution in [-0.4, -0.2) is 7.11 Å². The smallest absolute Gasteiger partial charge is 0.420 e. The van der Waals surface area contributed by atoms with Crippen LogP contribution in [0.15, 0.2) is 21.7 Å². The van der Waals surface area contributed by atoms with Crippen LogP contribution >= 0.6 is 15.9 Å². The molecule has 0 amide bonds. The summed E-state index contributed by atoms with van der Waals surface area (Å²) in [6.07, 6.45) is -4.57. The molecule has 86 valence electrons. The van der Waals surface area contributed by atoms with E-state index in [4.69, 9.17) is 5.53 Å². The largest absolute Gasteiger partial charge is 0.495 e. The molecule has 0 radical (unpaired) electrons. The van der Waals surface area contributed by atoms with Gasteiger partial charge in [-0.2, -0.15) is 13.2 Å². The van der Waals surface area contributed by atoms with E-state index in [0.717, 1.165) is 13.2 Å². The highest BCUT2D eigenvalue weighted by Crippen LogP contribution is 2.42. The number of alkyl halides is 3. The van der Waals surface area contributed by atoms with Crippen molar-refractivity contribution in [1.82, 2.24) is 0 Å². The molecule has 0 fully saturated rings. The Hall–Kier alpha value is -1.40. The molecule has 1 aromatic rings. The molecule has 0 unspecified atom stereocenters. The lowest BCUT2D eigenvalue weighted by atomic mass is 10.1. The van der Waals surface area contributed by atoms with Crippen molar-refractivity contribution >= 4 is 21.6 Å². The normalized spacial score (nSPS) is 10.8. The predicted octanol–water partition coefficient (Wildman–Crippen LogP) is 4.42. The molecule has 0 aliphatic carbocycles. The van der Waals surface area contributed by atoms with Crippen LogP contribution in [0.3, 0.4) is 0 Å². The first-order valence-corrected chi connectivity index (χ1v) is 4.69. The number of azide groups is 1. The van der Waals surface area contributed by atoms with Crippen molar-refractivity contribution in [3.63, 3.8) is 0 Å². The average molecular weight is 296 g/mol. The predicted molar refractivity (Wildman–Crippen MR) is 54.5 cm³/mol. The molecule has 0 N–H and O–H groups in total. The third kappa shape index (κ3) is 2.59. The molecular weight excluding hydrogens is 291 g/mol. The minimum absolute atomic E-state index is 0.0761. The summed E-state index contributed by atoms with van der Waals surface area (Å²) in [4.78, 5) is 2.42. The first kappa shape index (κ1) is 12.7. The number of halogens is 4. The Bertz CT molecular complexity index is 455. The van der Waals surface area contributed by atoms with E-state index in [1.54, 1.807) is 0 Å². The van der Waals surface area contributed by atoms with Crippen LogP contribution in [0.25, 0.3) is 10.4 Å². The highest BCUT2D eigenvalue weighted by Gasteiger charge is 2.35. The van der Waals surface area contributed by atoms with Gasteiger partial charge in [-0.15, -0.1) is 0 Å². The van der Waals surface area contributed by atoms with Gasteiger partial charge in [-0.3, -0.25) is 0 Å². The molecule has 0 aromatic heterocycles. The average Bonchev–Trinajstić information content (AvgIpc) is 2.16. The Labute approximate surface area is 96.8 Å². The summed E-state index contributed by atoms with van der Waals surface area (Å²) in [6.45, 7) is 0. The number of hydrogen-bond acceptors (Lipinski definition) is 2. The van der Waals surface area contributed by atoms with Gasteiger partial charge in [0.15, 0.2) is 0 Å². The van der Waals surface area contributed by atoms with E-state index < -0.39 is 11.7 Å². The summed E-state index contributed by atoms with van der Waals surface area (Å²) in [5, 5.41) is 3.11. The first-order chi connectivity index (χ1) is 7.40. The maximum Gasteiger partial charge on any atom is 0.420 e. The van der Waals surface area contributed by atoms with Crippen molar-refractivity contribution in [3.05, 3.63) is 32.6 Å². The quantitative estimate of drug-likeness (QED) is 0.453. The van der Waals surface area contributed by atoms with Crippen molar-refractivity contribution in [2.45, 2.75) is 6.18 Å². The molecule has 1 rings (SSSR count). The van der Waals surface area contributed by atoms with Crippen molar-refractivity contribution in [2.75, 3.05) is 7.11 Å². The van der Waals surface area contributed by atoms with Crippen LogP contribution in [-0.2, 0) is 6.18 Å². The third-order valence-electron chi connectivity index (χ3n) is 1.70. The Morgan fingerprint density at radius 1 is 1.44 bits per heavy atom. The number of hydrogen-bond donors (Lipinski definition) is 0. The van der Waals surface area contributed by atoms with Gasteiger partial charge in [0.2, 0.25) is 0 Å². The molecular formula is C8H5BrF3N3O. The molecule has 0 heterocycles. The molecule has 4 nitrogen and oxygen atoms in total. The summed E-state index contributed by atoms with van der Waals surface area (Å²) in [5.41, 5.74) is 7.03. The monoisotopic (exact) mass is 295 g/mol. The maximum absolute atomic E-state index is 12.6. The van der Waals surface area contributed by atoms with Gasteiger partial charge >= 0.3 is 6.18 Å². The minimum atomic E-state index is -4.57. The lowest BCUT2D eigenvalue weighted by molar-refractivity contribution is -0.138. The maximum atomic E-state index is 12.6. The Morgan fingerprint density at radius 2 is 2.06 bits per heavy atom. The van der Waals surface area contributed by atoms with Crippen molar-refractivity contribution < 1.29 is 17.9 Å². The minimum Gasteiger partial charge on any atom is -0.495 e. The van der Waals surface area contributed by atoms with Gasteiger partial charge in [0, 0.05) is 10.6 Å². The highest BCUT2D eigenvalue weighted by atomic mass is 79.9. The zero-order chi connectivity index (χ0) is 12.3. The number of ether oxygens (including phenoxy) is 1. The van der Waals surface area contributed by atoms with Crippen molar-refractivity contribution in [3.8, 4) is 5.75 Å². The van der Waals surface area contributed by atoms with Crippen LogP contribution < -0.4 is 4.74 Å². The molecule has 0 aliphatic heterocycles. The SMILES string of the molecule is COc1c(Br)cc(N=[N+]=[N-])cc1C(F)(F)F. The second kappa shape index (κ2) is 4.63. The lowest BCUT2D eigenvalue weighted by Crippen LogP contribution is -2.07. The molecule has 0 spiro atoms. The van der Waals surface area contributed by atoms with E-state index in [0.29, 0.717) is 0 Å². The molecule has 0 saturated carbocycles. The molecule has 1 aromatic carbocycles. The third-order valence-corrected chi connectivity index (χ3v) is 2.29. The molecule has 0 atom stereocenters. The summed E-state index contributed by atoms with van der Waals surface area (Å²) in [5.74, 6) is -0.343. The highest BCUT2D eigenvalue weighted by molar-refractivity contribution is 9.10. The van der Waals surface area contributed by atoms with E-state index in [1.807, 2.05) is 0 Å². The van der Waals surface area contributed by atoms with Crippen molar-refractivity contribution in [2.24, 2.45) is 5.11 Å². The van der Waals surface area contributed by atoms with Crippen molar-refractivity contribution in [1.29, 1.82) is 0 Å². The topological polar surface area (TPSA) is 58.0 Å². The van der Waals surface area contributed by atoms with E-state index in [2.05, 4.69) is 30.7 Å². The standard InChI is InChI=1S/C8H5BrF3N3O/c1-16-7-5(8(10,11)12)2-4(14-15-13)3-6(7)9/h2-3H,1H3. The summed E-state index contributed by atoms with van der Waals surface area (Å²) in [6, 6.07) is 1.97. The second-order valence-corrected chi connectivity index (χ2v) is 3.55. The van der Waals surface area contributed by atoms with Gasteiger partial charge in [0.25, 0.3) is 0 Å². The summed E-state index contributed by atoms with van der Waals surface area (Å²) < 4.78 is 42.5. The molecule has 8 heteroatoms. The van der Waals surface area contributed by atoms with Crippen LogP contribution in [0.5, 0.6) is 5.75 Å². The van der Waals surface area contributed by atoms with Gasteiger partial charge < -0.3 is 4.74 Å². The van der Waals surface area contributed by atoms with Gasteiger partial charge in [0.1, 0.15) is 5.75 Å². The fourth-order valence-electron chi connectivity index (χ4n) is 1.11. The zero-order valence-corrected chi connectivity index (χ0v) is 9.50. The molecule has 0 aliphatic rings. The lowest BCUT2D eigenvalue weighted by Gasteiger charge is -2.13. The van der Waals surface area contributed by atoms with Gasteiger partial charge in [-0.25, -0.2) is 0 Å². The van der Waals surface area contributed by atoms with Crippen LogP contribution in [0, 0.1) is 0 Å². The van der Waals surface area contributed by atoms with Crippen LogP contribution in [0.1, 0.15) is 5.56 Å². The Balaban J connectivity index is 3.48. The van der Waals surface area contributed by atoms with Gasteiger partial charge in [0.05, 0.1) is 17.1 Å². The van der Waals surface area contributed by atoms with E-state index >= 15 is 0 Å². The van der Waals surface area contributed by atoms with E-state index in [-0.39, 0.29) is 15.9 Å². The van der Waals surface area contributed by atoms with Crippen LogP contribution in [0.4, 0.5) is 18.9 Å². The van der Waals surface area contributed by atoms with Gasteiger partial charge in [-0.05, 0) is 33.6 Å². The van der Waals surface area contributed by atoms with E-state index in [9.17, 15) is 13.2 Å². The number of nitrogens with zero attached hydrogens (tertiary/aromatic N) is 3. The summed E-state index contributed by atoms with van der Waals surface area (Å²) >= 11 is 2.91. The molecule has 0 saturated heterocycles. The fourth-order valence-corrected chi connectivity index (χ4v) is 1.72.